The van der Waals surface area contributed by atoms with Crippen LogP contribution in [0.2, 0.25) is 0 Å². The molecule has 4 atom stereocenters. The molecule has 0 spiro atoms. The van der Waals surface area contributed by atoms with Gasteiger partial charge in [-0.15, -0.1) is 0 Å². The number of nitrogens with one attached hydrogen (secondary N) is 1. The van der Waals surface area contributed by atoms with Gasteiger partial charge >= 0.3 is 5.97 Å². The molecule has 38 heavy (non-hydrogen) atoms. The number of carbonyl (C=O) groups is 1. The maximum atomic E-state index is 13.0. The molecule has 3 aromatic carbocycles. The maximum Gasteiger partial charge on any atom is 0.311 e. The number of aliphatic hydroxyl groups excluding tert-OH is 1. The van der Waals surface area contributed by atoms with E-state index in [9.17, 15) is 18.3 Å². The summed E-state index contributed by atoms with van der Waals surface area (Å²) in [6, 6.07) is 25.0. The fourth-order valence-electron chi connectivity index (χ4n) is 4.02. The molecule has 0 aliphatic carbocycles. The van der Waals surface area contributed by atoms with E-state index in [1.807, 2.05) is 74.5 Å². The first-order chi connectivity index (χ1) is 18.2. The predicted molar refractivity (Wildman–Crippen MR) is 147 cm³/mol. The number of aliphatic hydroxyl groups is 1. The Bertz CT molecular complexity index is 1230. The standard InChI is InChI=1S/C30H37NO6S/c1-22-14-16-28(17-15-22)38(34,35)31-27(18-25-10-6-4-7-11-25)21-37-30(33)24(3)29(32)23(2)19-36-20-26-12-8-5-9-13-26/h4-17,23-24,27,29,31-32H,18-21H2,1-3H3/t23-,24-,27-,29+/m0/s1. The summed E-state index contributed by atoms with van der Waals surface area (Å²) in [7, 11) is -3.83. The molecule has 0 saturated heterocycles. The van der Waals surface area contributed by atoms with Gasteiger partial charge in [0.25, 0.3) is 0 Å². The molecule has 0 aliphatic rings. The lowest BCUT2D eigenvalue weighted by Crippen LogP contribution is -2.42. The van der Waals surface area contributed by atoms with Crippen molar-refractivity contribution in [1.29, 1.82) is 0 Å². The highest BCUT2D eigenvalue weighted by Gasteiger charge is 2.29. The lowest BCUT2D eigenvalue weighted by Gasteiger charge is -2.25. The van der Waals surface area contributed by atoms with Crippen molar-refractivity contribution in [2.24, 2.45) is 11.8 Å². The van der Waals surface area contributed by atoms with Crippen LogP contribution in [-0.4, -0.2) is 44.9 Å². The second-order valence-corrected chi connectivity index (χ2v) is 11.4. The van der Waals surface area contributed by atoms with Crippen LogP contribution in [0.5, 0.6) is 0 Å². The van der Waals surface area contributed by atoms with Crippen LogP contribution in [0.15, 0.2) is 89.8 Å². The fraction of sp³-hybridized carbons (Fsp3) is 0.367. The molecule has 0 unspecified atom stereocenters. The summed E-state index contributed by atoms with van der Waals surface area (Å²) in [6.45, 7) is 5.82. The van der Waals surface area contributed by atoms with Crippen molar-refractivity contribution in [2.45, 2.75) is 50.8 Å². The normalized spacial score (nSPS) is 14.8. The van der Waals surface area contributed by atoms with Gasteiger partial charge in [-0.3, -0.25) is 4.79 Å². The van der Waals surface area contributed by atoms with Crippen LogP contribution >= 0.6 is 0 Å². The molecular formula is C30H37NO6S. The van der Waals surface area contributed by atoms with Crippen LogP contribution in [0.3, 0.4) is 0 Å². The molecule has 204 valence electrons. The average Bonchev–Trinajstić information content (AvgIpc) is 2.92. The first kappa shape index (κ1) is 29.5. The third-order valence-corrected chi connectivity index (χ3v) is 7.90. The van der Waals surface area contributed by atoms with Crippen molar-refractivity contribution in [1.82, 2.24) is 4.72 Å². The Kier molecular flexibility index (Phi) is 11.0. The lowest BCUT2D eigenvalue weighted by molar-refractivity contribution is -0.154. The zero-order chi connectivity index (χ0) is 27.5. The third-order valence-electron chi connectivity index (χ3n) is 6.36. The Hall–Kier alpha value is -3.04. The summed E-state index contributed by atoms with van der Waals surface area (Å²) >= 11 is 0. The lowest BCUT2D eigenvalue weighted by atomic mass is 9.94. The zero-order valence-electron chi connectivity index (χ0n) is 22.1. The summed E-state index contributed by atoms with van der Waals surface area (Å²) in [6.07, 6.45) is -0.644. The number of sulfonamides is 1. The smallest absolute Gasteiger partial charge is 0.311 e. The number of benzene rings is 3. The van der Waals surface area contributed by atoms with Gasteiger partial charge in [-0.05, 0) is 43.5 Å². The molecule has 3 aromatic rings. The first-order valence-electron chi connectivity index (χ1n) is 12.7. The van der Waals surface area contributed by atoms with Gasteiger partial charge in [0.05, 0.1) is 36.2 Å². The molecule has 0 fully saturated rings. The van der Waals surface area contributed by atoms with Crippen molar-refractivity contribution >= 4 is 16.0 Å². The van der Waals surface area contributed by atoms with E-state index in [1.54, 1.807) is 31.2 Å². The summed E-state index contributed by atoms with van der Waals surface area (Å²) in [5, 5.41) is 10.7. The Morgan fingerprint density at radius 1 is 0.868 bits per heavy atom. The van der Waals surface area contributed by atoms with Crippen molar-refractivity contribution in [3.8, 4) is 0 Å². The van der Waals surface area contributed by atoms with Gasteiger partial charge in [-0.2, -0.15) is 0 Å². The second kappa shape index (κ2) is 14.2. The minimum Gasteiger partial charge on any atom is -0.464 e. The van der Waals surface area contributed by atoms with Crippen LogP contribution in [0.25, 0.3) is 0 Å². The van der Waals surface area contributed by atoms with Gasteiger partial charge < -0.3 is 14.6 Å². The average molecular weight is 540 g/mol. The van der Waals surface area contributed by atoms with E-state index in [0.29, 0.717) is 13.0 Å². The van der Waals surface area contributed by atoms with Crippen molar-refractivity contribution < 1.29 is 27.8 Å². The van der Waals surface area contributed by atoms with E-state index >= 15 is 0 Å². The van der Waals surface area contributed by atoms with E-state index in [-0.39, 0.29) is 24.0 Å². The maximum absolute atomic E-state index is 13.0. The van der Waals surface area contributed by atoms with Crippen molar-refractivity contribution in [3.05, 3.63) is 102 Å². The first-order valence-corrected chi connectivity index (χ1v) is 14.2. The van der Waals surface area contributed by atoms with Crippen LogP contribution < -0.4 is 4.72 Å². The molecule has 0 saturated carbocycles. The highest BCUT2D eigenvalue weighted by Crippen LogP contribution is 2.17. The molecule has 8 heteroatoms. The predicted octanol–water partition coefficient (Wildman–Crippen LogP) is 4.28. The Labute approximate surface area is 225 Å². The Morgan fingerprint density at radius 2 is 1.45 bits per heavy atom. The summed E-state index contributed by atoms with van der Waals surface area (Å²) < 4.78 is 39.9. The number of hydrogen-bond acceptors (Lipinski definition) is 6. The topological polar surface area (TPSA) is 102 Å². The van der Waals surface area contributed by atoms with E-state index in [1.165, 1.54) is 0 Å². The van der Waals surface area contributed by atoms with Gasteiger partial charge in [-0.1, -0.05) is 85.3 Å². The fourth-order valence-corrected chi connectivity index (χ4v) is 5.24. The summed E-state index contributed by atoms with van der Waals surface area (Å²) in [5.74, 6) is -1.71. The van der Waals surface area contributed by atoms with Gasteiger partial charge in [0, 0.05) is 5.92 Å². The molecule has 0 amide bonds. The van der Waals surface area contributed by atoms with E-state index in [0.717, 1.165) is 16.7 Å². The molecule has 0 radical (unpaired) electrons. The minimum atomic E-state index is -3.83. The highest BCUT2D eigenvalue weighted by atomic mass is 32.2. The molecule has 2 N–H and O–H groups in total. The van der Waals surface area contributed by atoms with Gasteiger partial charge in [0.15, 0.2) is 0 Å². The number of hydrogen-bond donors (Lipinski definition) is 2. The Morgan fingerprint density at radius 3 is 2.05 bits per heavy atom. The number of ether oxygens (including phenoxy) is 2. The number of aryl methyl sites for hydroxylation is 1. The van der Waals surface area contributed by atoms with Crippen molar-refractivity contribution in [2.75, 3.05) is 13.2 Å². The number of carbonyl (C=O) groups excluding carboxylic acids is 1. The monoisotopic (exact) mass is 539 g/mol. The van der Waals surface area contributed by atoms with Gasteiger partial charge in [-0.25, -0.2) is 13.1 Å². The summed E-state index contributed by atoms with van der Waals surface area (Å²) in [5.41, 5.74) is 2.88. The van der Waals surface area contributed by atoms with Crippen LogP contribution in [-0.2, 0) is 37.3 Å². The molecule has 0 bridgehead atoms. The van der Waals surface area contributed by atoms with Crippen LogP contribution in [0.4, 0.5) is 0 Å². The van der Waals surface area contributed by atoms with E-state index in [2.05, 4.69) is 4.72 Å². The SMILES string of the molecule is Cc1ccc(S(=O)(=O)N[C@H](COC(=O)[C@@H](C)[C@H](O)[C@@H](C)COCc2ccccc2)Cc2ccccc2)cc1. The Balaban J connectivity index is 1.58. The van der Waals surface area contributed by atoms with Gasteiger partial charge in [0.2, 0.25) is 10.0 Å². The molecule has 0 aromatic heterocycles. The quantitative estimate of drug-likeness (QED) is 0.297. The largest absolute Gasteiger partial charge is 0.464 e. The van der Waals surface area contributed by atoms with Crippen molar-refractivity contribution in [3.63, 3.8) is 0 Å². The number of esters is 1. The zero-order valence-corrected chi connectivity index (χ0v) is 22.9. The number of rotatable bonds is 14. The van der Waals surface area contributed by atoms with Gasteiger partial charge in [0.1, 0.15) is 6.61 Å². The summed E-state index contributed by atoms with van der Waals surface area (Å²) in [4.78, 5) is 13.0. The molecule has 0 aliphatic heterocycles. The van der Waals surface area contributed by atoms with E-state index < -0.39 is 34.1 Å². The second-order valence-electron chi connectivity index (χ2n) is 9.71. The van der Waals surface area contributed by atoms with Crippen LogP contribution in [0, 0.1) is 18.8 Å². The minimum absolute atomic E-state index is 0.139. The molecule has 7 nitrogen and oxygen atoms in total. The third kappa shape index (κ3) is 9.06. The molecule has 3 rings (SSSR count). The highest BCUT2D eigenvalue weighted by molar-refractivity contribution is 7.89. The molecule has 0 heterocycles. The van der Waals surface area contributed by atoms with Crippen LogP contribution in [0.1, 0.15) is 30.5 Å². The molecular weight excluding hydrogens is 502 g/mol. The van der Waals surface area contributed by atoms with E-state index in [4.69, 9.17) is 9.47 Å².